The van der Waals surface area contributed by atoms with Crippen LogP contribution in [0.3, 0.4) is 0 Å². The molecule has 1 aromatic carbocycles. The minimum Gasteiger partial charge on any atom is -0.310 e. The number of nitrogens with zero attached hydrogens (tertiary/aromatic N) is 1. The molecule has 2 bridgehead atoms. The van der Waals surface area contributed by atoms with E-state index in [1.165, 1.54) is 0 Å². The van der Waals surface area contributed by atoms with E-state index in [2.05, 4.69) is 5.32 Å². The van der Waals surface area contributed by atoms with Crippen LogP contribution in [-0.2, 0) is 10.0 Å². The second kappa shape index (κ2) is 6.42. The minimum absolute atomic E-state index is 0. The molecule has 3 rings (SSSR count). The first-order chi connectivity index (χ1) is 9.48. The van der Waals surface area contributed by atoms with Crippen molar-refractivity contribution in [3.63, 3.8) is 0 Å². The van der Waals surface area contributed by atoms with Crippen molar-refractivity contribution in [2.75, 3.05) is 13.1 Å². The van der Waals surface area contributed by atoms with Gasteiger partial charge in [-0.3, -0.25) is 0 Å². The quantitative estimate of drug-likeness (QED) is 0.891. The van der Waals surface area contributed by atoms with Crippen molar-refractivity contribution >= 4 is 34.0 Å². The molecule has 0 saturated carbocycles. The zero-order chi connectivity index (χ0) is 14.3. The van der Waals surface area contributed by atoms with Crippen molar-refractivity contribution in [3.8, 4) is 0 Å². The first-order valence-electron chi connectivity index (χ1n) is 7.00. The minimum atomic E-state index is -3.50. The van der Waals surface area contributed by atoms with Gasteiger partial charge in [0.25, 0.3) is 0 Å². The van der Waals surface area contributed by atoms with Gasteiger partial charge >= 0.3 is 0 Å². The molecule has 1 N–H and O–H groups in total. The fraction of sp³-hybridized carbons (Fsp3) is 0.571. The predicted molar refractivity (Wildman–Crippen MR) is 86.8 cm³/mol. The van der Waals surface area contributed by atoms with Gasteiger partial charge in [0.1, 0.15) is 4.90 Å². The number of hydrogen-bond acceptors (Lipinski definition) is 3. The number of halogens is 2. The molecule has 21 heavy (non-hydrogen) atoms. The number of aryl methyl sites for hydroxylation is 1. The van der Waals surface area contributed by atoms with E-state index in [0.29, 0.717) is 24.2 Å². The van der Waals surface area contributed by atoms with E-state index in [4.69, 9.17) is 11.6 Å². The summed E-state index contributed by atoms with van der Waals surface area (Å²) in [6.45, 7) is 2.94. The summed E-state index contributed by atoms with van der Waals surface area (Å²) in [5.41, 5.74) is 0.794. The molecule has 2 heterocycles. The molecule has 0 aliphatic carbocycles. The van der Waals surface area contributed by atoms with Crippen LogP contribution in [0.15, 0.2) is 23.1 Å². The van der Waals surface area contributed by atoms with Gasteiger partial charge in [-0.25, -0.2) is 8.42 Å². The van der Waals surface area contributed by atoms with Crippen LogP contribution in [0.25, 0.3) is 0 Å². The highest BCUT2D eigenvalue weighted by Crippen LogP contribution is 2.30. The zero-order valence-electron chi connectivity index (χ0n) is 11.9. The van der Waals surface area contributed by atoms with Crippen LogP contribution in [0.5, 0.6) is 0 Å². The summed E-state index contributed by atoms with van der Waals surface area (Å²) in [5, 5.41) is 3.84. The standard InChI is InChI=1S/C14H19ClN2O2S.ClH/c1-10-3-2-4-13(14(10)15)20(18,19)17-8-7-11-5-6-12(9-17)16-11;/h2-4,11-12,16H,5-9H2,1H3;1H. The molecule has 4 nitrogen and oxygen atoms in total. The molecular weight excluding hydrogens is 331 g/mol. The highest BCUT2D eigenvalue weighted by Gasteiger charge is 2.35. The van der Waals surface area contributed by atoms with Crippen molar-refractivity contribution in [1.82, 2.24) is 9.62 Å². The Balaban J connectivity index is 0.00000161. The topological polar surface area (TPSA) is 49.4 Å². The van der Waals surface area contributed by atoms with Gasteiger partial charge in [-0.2, -0.15) is 4.31 Å². The largest absolute Gasteiger partial charge is 0.310 e. The molecule has 2 aliphatic rings. The lowest BCUT2D eigenvalue weighted by Crippen LogP contribution is -2.39. The highest BCUT2D eigenvalue weighted by atomic mass is 35.5. The maximum absolute atomic E-state index is 12.8. The fourth-order valence-electron chi connectivity index (χ4n) is 3.09. The summed E-state index contributed by atoms with van der Waals surface area (Å²) in [5.74, 6) is 0. The van der Waals surface area contributed by atoms with Gasteiger partial charge in [0, 0.05) is 25.2 Å². The maximum atomic E-state index is 12.8. The average molecular weight is 351 g/mol. The maximum Gasteiger partial charge on any atom is 0.244 e. The fourth-order valence-corrected chi connectivity index (χ4v) is 5.14. The number of nitrogens with one attached hydrogen (secondary N) is 1. The SMILES string of the molecule is Cc1cccc(S(=O)(=O)N2CCC3CCC(C2)N3)c1Cl.Cl. The number of hydrogen-bond donors (Lipinski definition) is 1. The molecule has 0 amide bonds. The Morgan fingerprint density at radius 3 is 2.71 bits per heavy atom. The average Bonchev–Trinajstić information content (AvgIpc) is 2.71. The van der Waals surface area contributed by atoms with Crippen molar-refractivity contribution in [1.29, 1.82) is 0 Å². The second-order valence-corrected chi connectivity index (χ2v) is 7.96. The monoisotopic (exact) mass is 350 g/mol. The summed E-state index contributed by atoms with van der Waals surface area (Å²) in [6.07, 6.45) is 3.08. The van der Waals surface area contributed by atoms with E-state index in [9.17, 15) is 8.42 Å². The van der Waals surface area contributed by atoms with E-state index in [1.807, 2.05) is 13.0 Å². The van der Waals surface area contributed by atoms with E-state index in [1.54, 1.807) is 16.4 Å². The van der Waals surface area contributed by atoms with Gasteiger partial charge < -0.3 is 5.32 Å². The number of fused-ring (bicyclic) bond motifs is 2. The molecule has 118 valence electrons. The molecule has 2 aliphatic heterocycles. The van der Waals surface area contributed by atoms with Gasteiger partial charge in [-0.15, -0.1) is 12.4 Å². The van der Waals surface area contributed by atoms with Crippen LogP contribution in [0.2, 0.25) is 5.02 Å². The summed E-state index contributed by atoms with van der Waals surface area (Å²) >= 11 is 6.20. The van der Waals surface area contributed by atoms with Crippen LogP contribution >= 0.6 is 24.0 Å². The van der Waals surface area contributed by atoms with Crippen LogP contribution in [-0.4, -0.2) is 37.9 Å². The molecule has 0 radical (unpaired) electrons. The van der Waals surface area contributed by atoms with Gasteiger partial charge in [0.2, 0.25) is 10.0 Å². The molecule has 7 heteroatoms. The zero-order valence-corrected chi connectivity index (χ0v) is 14.3. The van der Waals surface area contributed by atoms with E-state index >= 15 is 0 Å². The Labute approximate surface area is 137 Å². The Kier molecular flexibility index (Phi) is 5.21. The Bertz CT molecular complexity index is 621. The van der Waals surface area contributed by atoms with Gasteiger partial charge in [-0.05, 0) is 37.8 Å². The van der Waals surface area contributed by atoms with E-state index in [0.717, 1.165) is 24.8 Å². The lowest BCUT2D eigenvalue weighted by Gasteiger charge is -2.24. The van der Waals surface area contributed by atoms with Crippen LogP contribution < -0.4 is 5.32 Å². The van der Waals surface area contributed by atoms with E-state index < -0.39 is 10.0 Å². The van der Waals surface area contributed by atoms with Gasteiger partial charge in [0.15, 0.2) is 0 Å². The lowest BCUT2D eigenvalue weighted by molar-refractivity contribution is 0.383. The van der Waals surface area contributed by atoms with Crippen molar-refractivity contribution < 1.29 is 8.42 Å². The van der Waals surface area contributed by atoms with Crippen molar-refractivity contribution in [3.05, 3.63) is 28.8 Å². The Morgan fingerprint density at radius 2 is 1.95 bits per heavy atom. The van der Waals surface area contributed by atoms with Crippen LogP contribution in [0.1, 0.15) is 24.8 Å². The third-order valence-corrected chi connectivity index (χ3v) is 6.78. The molecular formula is C14H20Cl2N2O2S. The van der Waals surface area contributed by atoms with Crippen molar-refractivity contribution in [2.45, 2.75) is 43.2 Å². The molecule has 2 unspecified atom stereocenters. The van der Waals surface area contributed by atoms with E-state index in [-0.39, 0.29) is 23.3 Å². The third kappa shape index (κ3) is 3.22. The van der Waals surface area contributed by atoms with Gasteiger partial charge in [0.05, 0.1) is 5.02 Å². The number of rotatable bonds is 2. The first kappa shape index (κ1) is 17.0. The smallest absolute Gasteiger partial charge is 0.244 e. The molecule has 2 fully saturated rings. The molecule has 1 aromatic rings. The molecule has 0 spiro atoms. The molecule has 0 aromatic heterocycles. The first-order valence-corrected chi connectivity index (χ1v) is 8.81. The van der Waals surface area contributed by atoms with Crippen molar-refractivity contribution in [2.24, 2.45) is 0 Å². The van der Waals surface area contributed by atoms with Crippen LogP contribution in [0.4, 0.5) is 0 Å². The number of benzene rings is 1. The summed E-state index contributed by atoms with van der Waals surface area (Å²) < 4.78 is 27.2. The third-order valence-electron chi connectivity index (χ3n) is 4.26. The number of sulfonamides is 1. The summed E-state index contributed by atoms with van der Waals surface area (Å²) in [6, 6.07) is 5.92. The van der Waals surface area contributed by atoms with Crippen LogP contribution in [0, 0.1) is 6.92 Å². The molecule has 2 atom stereocenters. The van der Waals surface area contributed by atoms with Gasteiger partial charge in [-0.1, -0.05) is 23.7 Å². The Morgan fingerprint density at radius 1 is 1.24 bits per heavy atom. The summed E-state index contributed by atoms with van der Waals surface area (Å²) in [4.78, 5) is 0.233. The lowest BCUT2D eigenvalue weighted by atomic mass is 10.1. The highest BCUT2D eigenvalue weighted by molar-refractivity contribution is 7.89. The Hall–Kier alpha value is -0.330. The normalized spacial score (nSPS) is 26.2. The predicted octanol–water partition coefficient (Wildman–Crippen LogP) is 2.59. The summed E-state index contributed by atoms with van der Waals surface area (Å²) in [7, 11) is -3.50. The second-order valence-electron chi connectivity index (χ2n) is 5.68. The molecule has 2 saturated heterocycles.